The van der Waals surface area contributed by atoms with Gasteiger partial charge in [-0.05, 0) is 44.9 Å². The van der Waals surface area contributed by atoms with Gasteiger partial charge in [-0.1, -0.05) is 95.9 Å². The standard InChI is InChI=1S/C31H58NO8P/c1-3-5-7-8-9-10-11-12-13-14-15-16-17-18-19-20-21-22-23-30(34)32-25-26-39-41(36,37)40-28-29(33)27-38-31(35)24-6-4-2/h10-11,13-14,29,33H,3-9,12,15-28H2,1-2H3,(H,32,34)(H,36,37)/b11-10-,14-13-. The lowest BCUT2D eigenvalue weighted by Crippen LogP contribution is -2.27. The molecule has 0 heterocycles. The maximum absolute atomic E-state index is 11.9. The van der Waals surface area contributed by atoms with E-state index in [1.54, 1.807) is 0 Å². The molecule has 0 spiro atoms. The molecule has 240 valence electrons. The highest BCUT2D eigenvalue weighted by Gasteiger charge is 2.23. The van der Waals surface area contributed by atoms with E-state index in [0.29, 0.717) is 12.8 Å². The Morgan fingerprint density at radius 3 is 1.98 bits per heavy atom. The molecule has 0 saturated carbocycles. The number of aliphatic hydroxyl groups is 1. The third-order valence-electron chi connectivity index (χ3n) is 6.38. The predicted octanol–water partition coefficient (Wildman–Crippen LogP) is 7.31. The van der Waals surface area contributed by atoms with Gasteiger partial charge in [0.25, 0.3) is 0 Å². The van der Waals surface area contributed by atoms with Crippen LogP contribution in [0, 0.1) is 0 Å². The number of unbranched alkanes of at least 4 members (excludes halogenated alkanes) is 12. The van der Waals surface area contributed by atoms with Crippen molar-refractivity contribution in [1.82, 2.24) is 5.32 Å². The number of ether oxygens (including phenoxy) is 1. The summed E-state index contributed by atoms with van der Waals surface area (Å²) in [6.07, 6.45) is 26.6. The summed E-state index contributed by atoms with van der Waals surface area (Å²) in [6.45, 7) is 3.22. The number of hydrogen-bond acceptors (Lipinski definition) is 7. The molecular weight excluding hydrogens is 545 g/mol. The maximum atomic E-state index is 11.9. The van der Waals surface area contributed by atoms with Crippen LogP contribution in [0.25, 0.3) is 0 Å². The van der Waals surface area contributed by atoms with Gasteiger partial charge < -0.3 is 20.1 Å². The van der Waals surface area contributed by atoms with Crippen molar-refractivity contribution >= 4 is 19.7 Å². The van der Waals surface area contributed by atoms with E-state index in [-0.39, 0.29) is 32.1 Å². The van der Waals surface area contributed by atoms with Gasteiger partial charge in [-0.25, -0.2) is 4.57 Å². The molecule has 0 rings (SSSR count). The van der Waals surface area contributed by atoms with Crippen LogP contribution >= 0.6 is 7.82 Å². The Bertz CT molecular complexity index is 744. The zero-order valence-corrected chi connectivity index (χ0v) is 26.6. The largest absolute Gasteiger partial charge is 0.472 e. The quantitative estimate of drug-likeness (QED) is 0.0351. The molecule has 0 fully saturated rings. The summed E-state index contributed by atoms with van der Waals surface area (Å²) < 4.78 is 26.2. The molecule has 0 aliphatic rings. The van der Waals surface area contributed by atoms with Crippen molar-refractivity contribution in [3.63, 3.8) is 0 Å². The van der Waals surface area contributed by atoms with Crippen molar-refractivity contribution in [3.05, 3.63) is 24.3 Å². The molecular formula is C31H58NO8P. The molecule has 41 heavy (non-hydrogen) atoms. The van der Waals surface area contributed by atoms with Crippen LogP contribution < -0.4 is 5.32 Å². The zero-order chi connectivity index (χ0) is 30.4. The van der Waals surface area contributed by atoms with E-state index in [2.05, 4.69) is 36.5 Å². The molecule has 0 aromatic carbocycles. The summed E-state index contributed by atoms with van der Waals surface area (Å²) in [5.74, 6) is -0.563. The Morgan fingerprint density at radius 2 is 1.34 bits per heavy atom. The van der Waals surface area contributed by atoms with Crippen molar-refractivity contribution in [2.45, 2.75) is 136 Å². The van der Waals surface area contributed by atoms with Crippen LogP contribution in [0.2, 0.25) is 0 Å². The lowest BCUT2D eigenvalue weighted by molar-refractivity contribution is -0.147. The minimum Gasteiger partial charge on any atom is -0.463 e. The fourth-order valence-corrected chi connectivity index (χ4v) is 4.67. The van der Waals surface area contributed by atoms with Gasteiger partial charge in [0.1, 0.15) is 12.7 Å². The number of hydrogen-bond donors (Lipinski definition) is 3. The number of nitrogens with one attached hydrogen (secondary N) is 1. The third-order valence-corrected chi connectivity index (χ3v) is 7.37. The lowest BCUT2D eigenvalue weighted by atomic mass is 10.1. The minimum absolute atomic E-state index is 0.0775. The first-order valence-corrected chi connectivity index (χ1v) is 17.3. The van der Waals surface area contributed by atoms with E-state index in [1.807, 2.05) is 6.92 Å². The lowest BCUT2D eigenvalue weighted by Gasteiger charge is -2.15. The third kappa shape index (κ3) is 29.8. The summed E-state index contributed by atoms with van der Waals surface area (Å²) in [5, 5.41) is 12.4. The van der Waals surface area contributed by atoms with Gasteiger partial charge in [-0.15, -0.1) is 0 Å². The van der Waals surface area contributed by atoms with Crippen molar-refractivity contribution in [2.24, 2.45) is 0 Å². The summed E-state index contributed by atoms with van der Waals surface area (Å²) in [6, 6.07) is 0. The molecule has 0 aliphatic heterocycles. The topological polar surface area (TPSA) is 131 Å². The molecule has 0 aromatic heterocycles. The number of carbonyl (C=O) groups excluding carboxylic acids is 2. The number of rotatable bonds is 29. The van der Waals surface area contributed by atoms with Gasteiger partial charge >= 0.3 is 13.8 Å². The van der Waals surface area contributed by atoms with E-state index in [9.17, 15) is 24.2 Å². The van der Waals surface area contributed by atoms with E-state index in [0.717, 1.165) is 38.5 Å². The Hall–Kier alpha value is -1.51. The van der Waals surface area contributed by atoms with Crippen molar-refractivity contribution < 1.29 is 37.9 Å². The van der Waals surface area contributed by atoms with Gasteiger partial charge in [-0.2, -0.15) is 0 Å². The number of aliphatic hydroxyl groups excluding tert-OH is 1. The number of esters is 1. The molecule has 1 amide bonds. The van der Waals surface area contributed by atoms with Gasteiger partial charge in [-0.3, -0.25) is 18.6 Å². The fourth-order valence-electron chi connectivity index (χ4n) is 3.92. The highest BCUT2D eigenvalue weighted by molar-refractivity contribution is 7.47. The molecule has 3 N–H and O–H groups in total. The summed E-state index contributed by atoms with van der Waals surface area (Å²) in [7, 11) is -4.39. The van der Waals surface area contributed by atoms with E-state index < -0.39 is 26.5 Å². The second-order valence-electron chi connectivity index (χ2n) is 10.4. The van der Waals surface area contributed by atoms with Gasteiger partial charge in [0.05, 0.1) is 13.2 Å². The minimum atomic E-state index is -4.39. The monoisotopic (exact) mass is 603 g/mol. The van der Waals surface area contributed by atoms with Crippen molar-refractivity contribution in [3.8, 4) is 0 Å². The summed E-state index contributed by atoms with van der Waals surface area (Å²) in [4.78, 5) is 33.0. The van der Waals surface area contributed by atoms with E-state index in [1.165, 1.54) is 57.8 Å². The average Bonchev–Trinajstić information content (AvgIpc) is 2.95. The predicted molar refractivity (Wildman–Crippen MR) is 164 cm³/mol. The molecule has 0 bridgehead atoms. The maximum Gasteiger partial charge on any atom is 0.472 e. The second-order valence-corrected chi connectivity index (χ2v) is 11.9. The van der Waals surface area contributed by atoms with Crippen LogP contribution in [0.1, 0.15) is 129 Å². The molecule has 2 atom stereocenters. The normalized spacial score (nSPS) is 14.0. The van der Waals surface area contributed by atoms with Gasteiger partial charge in [0.15, 0.2) is 0 Å². The molecule has 2 unspecified atom stereocenters. The first kappa shape index (κ1) is 39.5. The zero-order valence-electron chi connectivity index (χ0n) is 25.7. The van der Waals surface area contributed by atoms with Gasteiger partial charge in [0.2, 0.25) is 5.91 Å². The van der Waals surface area contributed by atoms with E-state index >= 15 is 0 Å². The fraction of sp³-hybridized carbons (Fsp3) is 0.806. The second kappa shape index (κ2) is 28.6. The van der Waals surface area contributed by atoms with Gasteiger partial charge in [0, 0.05) is 19.4 Å². The molecule has 0 aromatic rings. The van der Waals surface area contributed by atoms with Crippen LogP contribution in [0.3, 0.4) is 0 Å². The molecule has 0 saturated heterocycles. The SMILES string of the molecule is CCCCCC/C=C\C/C=C\CCCCCCCCCC(=O)NCCOP(=O)(O)OCC(O)COC(=O)CCCC. The Labute approximate surface area is 249 Å². The van der Waals surface area contributed by atoms with Crippen LogP contribution in [-0.4, -0.2) is 54.3 Å². The number of allylic oxidation sites excluding steroid dienone is 4. The van der Waals surface area contributed by atoms with Crippen LogP contribution in [-0.2, 0) is 27.9 Å². The number of phosphoric ester groups is 1. The Morgan fingerprint density at radius 1 is 0.756 bits per heavy atom. The summed E-state index contributed by atoms with van der Waals surface area (Å²) in [5.41, 5.74) is 0. The van der Waals surface area contributed by atoms with Crippen LogP contribution in [0.5, 0.6) is 0 Å². The van der Waals surface area contributed by atoms with Crippen LogP contribution in [0.15, 0.2) is 24.3 Å². The first-order chi connectivity index (χ1) is 19.8. The molecule has 0 aliphatic carbocycles. The molecule has 0 radical (unpaired) electrons. The Kier molecular flexibility index (Phi) is 27.5. The van der Waals surface area contributed by atoms with E-state index in [4.69, 9.17) is 13.8 Å². The first-order valence-electron chi connectivity index (χ1n) is 15.8. The highest BCUT2D eigenvalue weighted by Crippen LogP contribution is 2.42. The molecule has 9 nitrogen and oxygen atoms in total. The van der Waals surface area contributed by atoms with Crippen molar-refractivity contribution in [1.29, 1.82) is 0 Å². The van der Waals surface area contributed by atoms with Crippen LogP contribution in [0.4, 0.5) is 0 Å². The number of amides is 1. The number of phosphoric acid groups is 1. The molecule has 10 heteroatoms. The smallest absolute Gasteiger partial charge is 0.463 e. The van der Waals surface area contributed by atoms with Crippen molar-refractivity contribution in [2.75, 3.05) is 26.4 Å². The average molecular weight is 604 g/mol. The highest BCUT2D eigenvalue weighted by atomic mass is 31.2. The Balaban J connectivity index is 3.58. The number of carbonyl (C=O) groups is 2. The summed E-state index contributed by atoms with van der Waals surface area (Å²) >= 11 is 0.